The van der Waals surface area contributed by atoms with E-state index >= 15 is 0 Å². The second kappa shape index (κ2) is 6.15. The van der Waals surface area contributed by atoms with E-state index in [4.69, 9.17) is 5.11 Å². The van der Waals surface area contributed by atoms with E-state index in [2.05, 4.69) is 4.72 Å². The van der Waals surface area contributed by atoms with Crippen molar-refractivity contribution in [3.8, 4) is 0 Å². The number of aryl methyl sites for hydroxylation is 1. The van der Waals surface area contributed by atoms with Crippen LogP contribution in [0.4, 0.5) is 0 Å². The number of hydrogen-bond acceptors (Lipinski definition) is 5. The van der Waals surface area contributed by atoms with E-state index in [0.29, 0.717) is 12.1 Å². The summed E-state index contributed by atoms with van der Waals surface area (Å²) in [6, 6.07) is 3.52. The van der Waals surface area contributed by atoms with Gasteiger partial charge in [0.05, 0.1) is 6.61 Å². The molecule has 0 amide bonds. The molecule has 0 bridgehead atoms. The lowest BCUT2D eigenvalue weighted by Crippen LogP contribution is -2.22. The Balaban J connectivity index is 2.09. The molecule has 0 aliphatic carbocycles. The lowest BCUT2D eigenvalue weighted by atomic mass is 10.2. The Bertz CT molecular complexity index is 643. The van der Waals surface area contributed by atoms with Crippen LogP contribution in [0.15, 0.2) is 27.1 Å². The van der Waals surface area contributed by atoms with Gasteiger partial charge in [0.1, 0.15) is 4.21 Å². The Morgan fingerprint density at radius 3 is 2.79 bits per heavy atom. The number of hydrogen-bond donors (Lipinski definition) is 2. The van der Waals surface area contributed by atoms with Crippen LogP contribution >= 0.6 is 22.7 Å². The first-order valence-corrected chi connectivity index (χ1v) is 9.04. The van der Waals surface area contributed by atoms with E-state index < -0.39 is 10.0 Å². The minimum atomic E-state index is -3.49. The van der Waals surface area contributed by atoms with Gasteiger partial charge in [0.15, 0.2) is 0 Å². The van der Waals surface area contributed by atoms with Gasteiger partial charge in [-0.25, -0.2) is 13.1 Å². The molecule has 0 aliphatic heterocycles. The maximum Gasteiger partial charge on any atom is 0.250 e. The van der Waals surface area contributed by atoms with E-state index in [1.54, 1.807) is 16.7 Å². The Morgan fingerprint density at radius 2 is 2.16 bits per heavy atom. The van der Waals surface area contributed by atoms with Crippen LogP contribution in [0.1, 0.15) is 22.9 Å². The van der Waals surface area contributed by atoms with Gasteiger partial charge in [0.2, 0.25) is 10.0 Å². The first-order valence-electron chi connectivity index (χ1n) is 5.80. The highest BCUT2D eigenvalue weighted by Gasteiger charge is 2.17. The second-order valence-corrected chi connectivity index (χ2v) is 7.88. The molecule has 0 unspecified atom stereocenters. The van der Waals surface area contributed by atoms with Gasteiger partial charge in [-0.05, 0) is 40.4 Å². The van der Waals surface area contributed by atoms with Crippen molar-refractivity contribution in [3.63, 3.8) is 0 Å². The molecule has 0 aromatic carbocycles. The number of rotatable bonds is 6. The van der Waals surface area contributed by atoms with Crippen LogP contribution in [0.5, 0.6) is 0 Å². The van der Waals surface area contributed by atoms with Gasteiger partial charge in [0.25, 0.3) is 0 Å². The first-order chi connectivity index (χ1) is 9.06. The summed E-state index contributed by atoms with van der Waals surface area (Å²) in [5.74, 6) is 0. The lowest BCUT2D eigenvalue weighted by Gasteiger charge is -2.04. The van der Waals surface area contributed by atoms with Gasteiger partial charge >= 0.3 is 0 Å². The maximum absolute atomic E-state index is 12.1. The Kier molecular flexibility index (Phi) is 4.75. The minimum Gasteiger partial charge on any atom is -0.392 e. The highest BCUT2D eigenvalue weighted by atomic mass is 32.2. The van der Waals surface area contributed by atoms with Gasteiger partial charge in [-0.2, -0.15) is 0 Å². The standard InChI is InChI=1S/C12H15NO3S3/c1-2-10-3-4-17-11(10)6-13-19(15,16)12-5-9(7-14)8-18-12/h3-5,8,13-14H,2,6-7H2,1H3. The summed E-state index contributed by atoms with van der Waals surface area (Å²) in [5, 5.41) is 12.6. The molecule has 2 aromatic rings. The zero-order valence-corrected chi connectivity index (χ0v) is 12.9. The molecular weight excluding hydrogens is 302 g/mol. The Hall–Kier alpha value is -0.730. The Morgan fingerprint density at radius 1 is 1.37 bits per heavy atom. The maximum atomic E-state index is 12.1. The van der Waals surface area contributed by atoms with Crippen molar-refractivity contribution in [2.45, 2.75) is 30.7 Å². The van der Waals surface area contributed by atoms with Crippen molar-refractivity contribution in [2.75, 3.05) is 0 Å². The average molecular weight is 317 g/mol. The molecule has 0 aliphatic rings. The summed E-state index contributed by atoms with van der Waals surface area (Å²) in [6.07, 6.45) is 0.897. The smallest absolute Gasteiger partial charge is 0.250 e. The molecular formula is C12H15NO3S3. The number of thiophene rings is 2. The summed E-state index contributed by atoms with van der Waals surface area (Å²) in [7, 11) is -3.49. The molecule has 0 spiro atoms. The largest absolute Gasteiger partial charge is 0.392 e. The number of aliphatic hydroxyl groups is 1. The van der Waals surface area contributed by atoms with Crippen molar-refractivity contribution < 1.29 is 13.5 Å². The molecule has 104 valence electrons. The zero-order chi connectivity index (χ0) is 13.9. The van der Waals surface area contributed by atoms with Crippen molar-refractivity contribution in [3.05, 3.63) is 38.9 Å². The first kappa shape index (κ1) is 14.7. The predicted molar refractivity (Wildman–Crippen MR) is 78.0 cm³/mol. The van der Waals surface area contributed by atoms with E-state index in [1.807, 2.05) is 18.4 Å². The quantitative estimate of drug-likeness (QED) is 0.859. The zero-order valence-electron chi connectivity index (χ0n) is 10.4. The lowest BCUT2D eigenvalue weighted by molar-refractivity contribution is 0.282. The van der Waals surface area contributed by atoms with E-state index in [-0.39, 0.29) is 10.8 Å². The predicted octanol–water partition coefficient (Wildman–Crippen LogP) is 2.34. The van der Waals surface area contributed by atoms with Gasteiger partial charge in [-0.1, -0.05) is 6.92 Å². The summed E-state index contributed by atoms with van der Waals surface area (Å²) in [6.45, 7) is 2.22. The van der Waals surface area contributed by atoms with E-state index in [0.717, 1.165) is 22.6 Å². The van der Waals surface area contributed by atoms with Gasteiger partial charge in [-0.3, -0.25) is 0 Å². The topological polar surface area (TPSA) is 66.4 Å². The Labute approximate surface area is 120 Å². The fraction of sp³-hybridized carbons (Fsp3) is 0.333. The molecule has 2 heterocycles. The summed E-state index contributed by atoms with van der Waals surface area (Å²) in [5.41, 5.74) is 1.80. The third-order valence-electron chi connectivity index (χ3n) is 2.72. The van der Waals surface area contributed by atoms with Gasteiger partial charge in [-0.15, -0.1) is 22.7 Å². The van der Waals surface area contributed by atoms with Crippen LogP contribution < -0.4 is 4.72 Å². The molecule has 0 atom stereocenters. The van der Waals surface area contributed by atoms with Crippen LogP contribution in [-0.4, -0.2) is 13.5 Å². The van der Waals surface area contributed by atoms with Gasteiger partial charge in [0, 0.05) is 11.4 Å². The van der Waals surface area contributed by atoms with Crippen LogP contribution in [-0.2, 0) is 29.6 Å². The van der Waals surface area contributed by atoms with E-state index in [9.17, 15) is 8.42 Å². The summed E-state index contributed by atoms with van der Waals surface area (Å²) < 4.78 is 27.0. The third-order valence-corrected chi connectivity index (χ3v) is 6.57. The van der Waals surface area contributed by atoms with Crippen LogP contribution in [0.25, 0.3) is 0 Å². The molecule has 2 aromatic heterocycles. The van der Waals surface area contributed by atoms with Crippen LogP contribution in [0.2, 0.25) is 0 Å². The fourth-order valence-corrected chi connectivity index (χ4v) is 4.89. The third kappa shape index (κ3) is 3.43. The highest BCUT2D eigenvalue weighted by Crippen LogP contribution is 2.22. The van der Waals surface area contributed by atoms with Crippen molar-refractivity contribution in [1.82, 2.24) is 4.72 Å². The molecule has 19 heavy (non-hydrogen) atoms. The minimum absolute atomic E-state index is 0.142. The molecule has 0 radical (unpaired) electrons. The molecule has 0 fully saturated rings. The SMILES string of the molecule is CCc1ccsc1CNS(=O)(=O)c1cc(CO)cs1. The molecule has 0 saturated carbocycles. The van der Waals surface area contributed by atoms with Gasteiger partial charge < -0.3 is 5.11 Å². The fourth-order valence-electron chi connectivity index (χ4n) is 1.65. The molecule has 2 rings (SSSR count). The second-order valence-electron chi connectivity index (χ2n) is 3.98. The average Bonchev–Trinajstić information content (AvgIpc) is 3.05. The molecule has 4 nitrogen and oxygen atoms in total. The normalized spacial score (nSPS) is 11.9. The monoisotopic (exact) mass is 317 g/mol. The van der Waals surface area contributed by atoms with E-state index in [1.165, 1.54) is 11.6 Å². The molecule has 2 N–H and O–H groups in total. The number of aliphatic hydroxyl groups excluding tert-OH is 1. The van der Waals surface area contributed by atoms with Crippen molar-refractivity contribution in [1.29, 1.82) is 0 Å². The summed E-state index contributed by atoms with van der Waals surface area (Å²) in [4.78, 5) is 1.05. The summed E-state index contributed by atoms with van der Waals surface area (Å²) >= 11 is 2.68. The van der Waals surface area contributed by atoms with Crippen LogP contribution in [0, 0.1) is 0 Å². The number of nitrogens with one attached hydrogen (secondary N) is 1. The van der Waals surface area contributed by atoms with Crippen LogP contribution in [0.3, 0.4) is 0 Å². The molecule has 0 saturated heterocycles. The number of sulfonamides is 1. The molecule has 7 heteroatoms. The highest BCUT2D eigenvalue weighted by molar-refractivity contribution is 7.91. The van der Waals surface area contributed by atoms with Crippen molar-refractivity contribution in [2.24, 2.45) is 0 Å². The van der Waals surface area contributed by atoms with Crippen molar-refractivity contribution >= 4 is 32.7 Å².